The second kappa shape index (κ2) is 2.09. The lowest BCUT2D eigenvalue weighted by atomic mass is 10.5. The Balaban J connectivity index is 2.76. The van der Waals surface area contributed by atoms with Gasteiger partial charge in [-0.25, -0.2) is 0 Å². The summed E-state index contributed by atoms with van der Waals surface area (Å²) in [6.45, 7) is 0. The van der Waals surface area contributed by atoms with E-state index in [2.05, 4.69) is 22.1 Å². The monoisotopic (exact) mass is 114 g/mol. The molecule has 0 saturated heterocycles. The molecular formula is C5H8NS+. The molecule has 1 aromatic heterocycles. The topological polar surface area (TPSA) is 16.6 Å². The van der Waals surface area contributed by atoms with Crippen molar-refractivity contribution < 1.29 is 5.32 Å². The highest BCUT2D eigenvalue weighted by molar-refractivity contribution is 7.08. The first-order valence-electron chi connectivity index (χ1n) is 2.25. The minimum Gasteiger partial charge on any atom is -0.316 e. The van der Waals surface area contributed by atoms with Gasteiger partial charge in [-0.1, -0.05) is 0 Å². The number of hydrogen-bond donors (Lipinski definition) is 1. The van der Waals surface area contributed by atoms with Gasteiger partial charge in [0, 0.05) is 6.07 Å². The Bertz CT molecular complexity index is 123. The van der Waals surface area contributed by atoms with Gasteiger partial charge in [0.2, 0.25) is 0 Å². The Hall–Kier alpha value is -0.340. The van der Waals surface area contributed by atoms with Crippen LogP contribution in [0.15, 0.2) is 16.8 Å². The number of quaternary nitrogens is 1. The summed E-state index contributed by atoms with van der Waals surface area (Å²) in [7, 11) is 2.04. The molecule has 0 aliphatic carbocycles. The first-order chi connectivity index (χ1) is 3.43. The third-order valence-corrected chi connectivity index (χ3v) is 1.58. The molecule has 0 aromatic carbocycles. The van der Waals surface area contributed by atoms with Crippen LogP contribution in [0, 0.1) is 0 Å². The van der Waals surface area contributed by atoms with Gasteiger partial charge < -0.3 is 5.32 Å². The number of nitrogens with two attached hydrogens (primary N) is 1. The Morgan fingerprint density at radius 1 is 1.71 bits per heavy atom. The minimum atomic E-state index is 1.32. The Labute approximate surface area is 47.0 Å². The normalized spacial score (nSPS) is 9.29. The fourth-order valence-electron chi connectivity index (χ4n) is 0.439. The second-order valence-corrected chi connectivity index (χ2v) is 2.13. The maximum absolute atomic E-state index is 2.12. The average molecular weight is 114 g/mol. The maximum atomic E-state index is 2.12. The summed E-state index contributed by atoms with van der Waals surface area (Å²) in [6, 6.07) is 2.10. The number of hydrogen-bond acceptors (Lipinski definition) is 1. The van der Waals surface area contributed by atoms with E-state index in [1.165, 1.54) is 5.69 Å². The van der Waals surface area contributed by atoms with E-state index in [0.717, 1.165) is 0 Å². The lowest BCUT2D eigenvalue weighted by Crippen LogP contribution is -2.72. The molecule has 1 aromatic rings. The van der Waals surface area contributed by atoms with Crippen molar-refractivity contribution in [3.05, 3.63) is 16.8 Å². The van der Waals surface area contributed by atoms with Crippen molar-refractivity contribution in [1.29, 1.82) is 0 Å². The van der Waals surface area contributed by atoms with Gasteiger partial charge in [0.05, 0.1) is 12.4 Å². The standard InChI is InChI=1S/C5H7NS/c1-6-5-2-3-7-4-5/h2-4,6H,1H3/p+1. The van der Waals surface area contributed by atoms with Crippen LogP contribution >= 0.6 is 11.3 Å². The summed E-state index contributed by atoms with van der Waals surface area (Å²) < 4.78 is 0. The van der Waals surface area contributed by atoms with Gasteiger partial charge in [0.1, 0.15) is 5.69 Å². The Morgan fingerprint density at radius 3 is 2.86 bits per heavy atom. The quantitative estimate of drug-likeness (QED) is 0.550. The van der Waals surface area contributed by atoms with Gasteiger partial charge >= 0.3 is 0 Å². The van der Waals surface area contributed by atoms with Crippen LogP contribution in [0.3, 0.4) is 0 Å². The van der Waals surface area contributed by atoms with Crippen molar-refractivity contribution in [2.45, 2.75) is 0 Å². The van der Waals surface area contributed by atoms with E-state index < -0.39 is 0 Å². The smallest absolute Gasteiger partial charge is 0.140 e. The van der Waals surface area contributed by atoms with Gasteiger partial charge in [0.15, 0.2) is 0 Å². The van der Waals surface area contributed by atoms with Crippen LogP contribution in [-0.2, 0) is 0 Å². The molecule has 0 aliphatic rings. The predicted molar refractivity (Wildman–Crippen MR) is 31.8 cm³/mol. The first kappa shape index (κ1) is 4.81. The van der Waals surface area contributed by atoms with E-state index >= 15 is 0 Å². The van der Waals surface area contributed by atoms with E-state index in [9.17, 15) is 0 Å². The molecule has 0 atom stereocenters. The fraction of sp³-hybridized carbons (Fsp3) is 0.200. The van der Waals surface area contributed by atoms with Gasteiger partial charge in [-0.15, -0.1) is 11.3 Å². The molecule has 0 amide bonds. The van der Waals surface area contributed by atoms with Crippen molar-refractivity contribution in [3.8, 4) is 0 Å². The molecular weight excluding hydrogens is 106 g/mol. The van der Waals surface area contributed by atoms with E-state index in [-0.39, 0.29) is 0 Å². The molecule has 0 saturated carbocycles. The first-order valence-corrected chi connectivity index (χ1v) is 3.19. The molecule has 0 spiro atoms. The van der Waals surface area contributed by atoms with Crippen LogP contribution in [0.25, 0.3) is 0 Å². The maximum Gasteiger partial charge on any atom is 0.140 e. The van der Waals surface area contributed by atoms with Gasteiger partial charge in [0.25, 0.3) is 0 Å². The molecule has 1 rings (SSSR count). The van der Waals surface area contributed by atoms with Crippen LogP contribution in [0.5, 0.6) is 0 Å². The number of thiophene rings is 1. The zero-order valence-electron chi connectivity index (χ0n) is 4.22. The van der Waals surface area contributed by atoms with Crippen molar-refractivity contribution in [3.63, 3.8) is 0 Å². The highest BCUT2D eigenvalue weighted by Crippen LogP contribution is 2.03. The van der Waals surface area contributed by atoms with Gasteiger partial charge in [-0.05, 0) is 5.38 Å². The van der Waals surface area contributed by atoms with Crippen LogP contribution in [0.4, 0.5) is 5.69 Å². The molecule has 0 bridgehead atoms. The molecule has 0 radical (unpaired) electrons. The lowest BCUT2D eigenvalue weighted by Gasteiger charge is -1.79. The van der Waals surface area contributed by atoms with Crippen LogP contribution in [0.1, 0.15) is 0 Å². The summed E-state index contributed by atoms with van der Waals surface area (Å²) >= 11 is 1.73. The van der Waals surface area contributed by atoms with Crippen LogP contribution in [0.2, 0.25) is 0 Å². The molecule has 38 valence electrons. The molecule has 2 N–H and O–H groups in total. The van der Waals surface area contributed by atoms with Gasteiger partial charge in [-0.3, -0.25) is 0 Å². The summed E-state index contributed by atoms with van der Waals surface area (Å²) in [4.78, 5) is 0. The van der Waals surface area contributed by atoms with Crippen molar-refractivity contribution in [1.82, 2.24) is 0 Å². The Morgan fingerprint density at radius 2 is 2.57 bits per heavy atom. The lowest BCUT2D eigenvalue weighted by molar-refractivity contribution is -0.539. The van der Waals surface area contributed by atoms with Gasteiger partial charge in [-0.2, -0.15) is 0 Å². The largest absolute Gasteiger partial charge is 0.316 e. The van der Waals surface area contributed by atoms with E-state index in [0.29, 0.717) is 0 Å². The SMILES string of the molecule is C[NH2+]c1ccsc1. The van der Waals surface area contributed by atoms with E-state index in [4.69, 9.17) is 0 Å². The molecule has 1 nitrogen and oxygen atoms in total. The molecule has 0 aliphatic heterocycles. The summed E-state index contributed by atoms with van der Waals surface area (Å²) in [5.41, 5.74) is 1.32. The fourth-order valence-corrected chi connectivity index (χ4v) is 1.13. The van der Waals surface area contributed by atoms with E-state index in [1.54, 1.807) is 11.3 Å². The zero-order valence-corrected chi connectivity index (χ0v) is 5.03. The highest BCUT2D eigenvalue weighted by Gasteiger charge is 1.86. The third kappa shape index (κ3) is 1.01. The minimum absolute atomic E-state index is 1.32. The predicted octanol–water partition coefficient (Wildman–Crippen LogP) is 0.573. The zero-order chi connectivity index (χ0) is 5.11. The second-order valence-electron chi connectivity index (χ2n) is 1.35. The molecule has 0 unspecified atom stereocenters. The molecule has 2 heteroatoms. The van der Waals surface area contributed by atoms with Crippen LogP contribution in [-0.4, -0.2) is 7.05 Å². The summed E-state index contributed by atoms with van der Waals surface area (Å²) in [5, 5.41) is 6.30. The van der Waals surface area contributed by atoms with Crippen LogP contribution < -0.4 is 5.32 Å². The number of rotatable bonds is 1. The third-order valence-electron chi connectivity index (χ3n) is 0.877. The van der Waals surface area contributed by atoms with Crippen molar-refractivity contribution in [2.24, 2.45) is 0 Å². The van der Waals surface area contributed by atoms with Crippen molar-refractivity contribution in [2.75, 3.05) is 7.05 Å². The van der Waals surface area contributed by atoms with Crippen molar-refractivity contribution >= 4 is 17.0 Å². The van der Waals surface area contributed by atoms with E-state index in [1.807, 2.05) is 7.05 Å². The molecule has 1 heterocycles. The molecule has 0 fully saturated rings. The average Bonchev–Trinajstić information content (AvgIpc) is 2.14. The molecule has 7 heavy (non-hydrogen) atoms. The highest BCUT2D eigenvalue weighted by atomic mass is 32.1. The summed E-state index contributed by atoms with van der Waals surface area (Å²) in [5.74, 6) is 0. The Kier molecular flexibility index (Phi) is 1.44. The summed E-state index contributed by atoms with van der Waals surface area (Å²) in [6.07, 6.45) is 0.